The van der Waals surface area contributed by atoms with Crippen molar-refractivity contribution in [2.75, 3.05) is 26.3 Å². The van der Waals surface area contributed by atoms with E-state index in [1.807, 2.05) is 18.2 Å². The number of rotatable bonds is 8. The first kappa shape index (κ1) is 12.2. The third-order valence-electron chi connectivity index (χ3n) is 2.05. The van der Waals surface area contributed by atoms with E-state index in [9.17, 15) is 0 Å². The van der Waals surface area contributed by atoms with Gasteiger partial charge in [0.25, 0.3) is 0 Å². The van der Waals surface area contributed by atoms with E-state index in [1.54, 1.807) is 0 Å². The lowest BCUT2D eigenvalue weighted by molar-refractivity contribution is 0.122. The van der Waals surface area contributed by atoms with Crippen LogP contribution in [0, 0.1) is 0 Å². The average molecular weight is 209 g/mol. The smallest absolute Gasteiger partial charge is 0.0717 e. The number of hydrogen-bond donors (Lipinski definition) is 2. The fourth-order valence-corrected chi connectivity index (χ4v) is 1.24. The molecule has 0 aliphatic carbocycles. The van der Waals surface area contributed by atoms with Crippen LogP contribution in [0.4, 0.5) is 0 Å². The van der Waals surface area contributed by atoms with Crippen molar-refractivity contribution in [1.29, 1.82) is 0 Å². The number of hydrogen-bond acceptors (Lipinski definition) is 3. The Labute approximate surface area is 91.1 Å². The molecule has 1 rings (SSSR count). The monoisotopic (exact) mass is 209 g/mol. The lowest BCUT2D eigenvalue weighted by atomic mass is 10.2. The summed E-state index contributed by atoms with van der Waals surface area (Å²) in [5.41, 5.74) is 1.20. The zero-order chi connectivity index (χ0) is 10.8. The highest BCUT2D eigenvalue weighted by Gasteiger charge is 1.91. The standard InChI is InChI=1S/C12H19NO2/c14-9-4-7-13-8-10-15-11-12-5-2-1-3-6-12/h1-3,5-6,13-14H,4,7-11H2. The Kier molecular flexibility index (Phi) is 6.83. The second-order valence-corrected chi connectivity index (χ2v) is 3.37. The highest BCUT2D eigenvalue weighted by Crippen LogP contribution is 1.99. The van der Waals surface area contributed by atoms with E-state index < -0.39 is 0 Å². The van der Waals surface area contributed by atoms with Gasteiger partial charge < -0.3 is 15.2 Å². The summed E-state index contributed by atoms with van der Waals surface area (Å²) in [5.74, 6) is 0. The van der Waals surface area contributed by atoms with Crippen LogP contribution in [0.1, 0.15) is 12.0 Å². The molecule has 0 spiro atoms. The molecular formula is C12H19NO2. The summed E-state index contributed by atoms with van der Waals surface area (Å²) in [6.07, 6.45) is 0.804. The van der Waals surface area contributed by atoms with Crippen molar-refractivity contribution in [3.63, 3.8) is 0 Å². The van der Waals surface area contributed by atoms with Gasteiger partial charge in [-0.3, -0.25) is 0 Å². The molecule has 0 saturated heterocycles. The van der Waals surface area contributed by atoms with Crippen molar-refractivity contribution in [1.82, 2.24) is 5.32 Å². The Balaban J connectivity index is 1.93. The van der Waals surface area contributed by atoms with Crippen LogP contribution in [0.15, 0.2) is 30.3 Å². The molecule has 0 heterocycles. The van der Waals surface area contributed by atoms with Crippen molar-refractivity contribution >= 4 is 0 Å². The maximum absolute atomic E-state index is 8.55. The molecule has 0 fully saturated rings. The minimum Gasteiger partial charge on any atom is -0.396 e. The van der Waals surface area contributed by atoms with Crippen LogP contribution in [0.2, 0.25) is 0 Å². The second kappa shape index (κ2) is 8.41. The summed E-state index contributed by atoms with van der Waals surface area (Å²) < 4.78 is 5.47. The Morgan fingerprint density at radius 1 is 1.13 bits per heavy atom. The maximum atomic E-state index is 8.55. The first-order chi connectivity index (χ1) is 7.43. The average Bonchev–Trinajstić information content (AvgIpc) is 2.29. The van der Waals surface area contributed by atoms with Gasteiger partial charge >= 0.3 is 0 Å². The summed E-state index contributed by atoms with van der Waals surface area (Å²) >= 11 is 0. The first-order valence-electron chi connectivity index (χ1n) is 5.36. The summed E-state index contributed by atoms with van der Waals surface area (Å²) in [6.45, 7) is 3.32. The number of benzene rings is 1. The molecule has 0 amide bonds. The zero-order valence-corrected chi connectivity index (χ0v) is 8.98. The van der Waals surface area contributed by atoms with Crippen LogP contribution in [0.5, 0.6) is 0 Å². The minimum absolute atomic E-state index is 0.248. The van der Waals surface area contributed by atoms with Gasteiger partial charge in [-0.2, -0.15) is 0 Å². The molecule has 84 valence electrons. The normalized spacial score (nSPS) is 10.5. The Morgan fingerprint density at radius 3 is 2.67 bits per heavy atom. The third-order valence-corrected chi connectivity index (χ3v) is 2.05. The Hall–Kier alpha value is -0.900. The molecule has 0 unspecified atom stereocenters. The van der Waals surface area contributed by atoms with Crippen molar-refractivity contribution in [3.8, 4) is 0 Å². The van der Waals surface area contributed by atoms with Gasteiger partial charge in [0.2, 0.25) is 0 Å². The van der Waals surface area contributed by atoms with Crippen LogP contribution in [-0.2, 0) is 11.3 Å². The van der Waals surface area contributed by atoms with Crippen LogP contribution in [0.3, 0.4) is 0 Å². The molecule has 0 aliphatic heterocycles. The van der Waals surface area contributed by atoms with Gasteiger partial charge in [0.05, 0.1) is 13.2 Å². The molecule has 1 aromatic carbocycles. The summed E-state index contributed by atoms with van der Waals surface area (Å²) in [5, 5.41) is 11.7. The summed E-state index contributed by atoms with van der Waals surface area (Å²) in [4.78, 5) is 0. The SMILES string of the molecule is OCCCNCCOCc1ccccc1. The van der Waals surface area contributed by atoms with Crippen molar-refractivity contribution in [3.05, 3.63) is 35.9 Å². The lowest BCUT2D eigenvalue weighted by Gasteiger charge is -2.05. The van der Waals surface area contributed by atoms with Crippen molar-refractivity contribution in [2.24, 2.45) is 0 Å². The van der Waals surface area contributed by atoms with E-state index in [0.29, 0.717) is 13.2 Å². The molecular weight excluding hydrogens is 190 g/mol. The molecule has 0 atom stereocenters. The molecule has 2 N–H and O–H groups in total. The number of aliphatic hydroxyl groups is 1. The van der Waals surface area contributed by atoms with Crippen LogP contribution in [-0.4, -0.2) is 31.4 Å². The third kappa shape index (κ3) is 6.23. The van der Waals surface area contributed by atoms with Gasteiger partial charge in [-0.15, -0.1) is 0 Å². The van der Waals surface area contributed by atoms with Gasteiger partial charge in [0.1, 0.15) is 0 Å². The number of ether oxygens (including phenoxy) is 1. The lowest BCUT2D eigenvalue weighted by Crippen LogP contribution is -2.21. The molecule has 0 bridgehead atoms. The minimum atomic E-state index is 0.248. The van der Waals surface area contributed by atoms with E-state index >= 15 is 0 Å². The summed E-state index contributed by atoms with van der Waals surface area (Å²) in [7, 11) is 0. The van der Waals surface area contributed by atoms with E-state index in [-0.39, 0.29) is 6.61 Å². The molecule has 1 aromatic rings. The molecule has 0 saturated carbocycles. The molecule has 15 heavy (non-hydrogen) atoms. The van der Waals surface area contributed by atoms with E-state index in [2.05, 4.69) is 17.4 Å². The van der Waals surface area contributed by atoms with Gasteiger partial charge in [-0.1, -0.05) is 30.3 Å². The number of aliphatic hydroxyl groups excluding tert-OH is 1. The molecule has 3 heteroatoms. The van der Waals surface area contributed by atoms with Gasteiger partial charge in [-0.05, 0) is 18.5 Å². The van der Waals surface area contributed by atoms with Gasteiger partial charge in [0.15, 0.2) is 0 Å². The molecule has 0 aromatic heterocycles. The zero-order valence-electron chi connectivity index (χ0n) is 8.98. The Bertz CT molecular complexity index is 239. The molecule has 3 nitrogen and oxygen atoms in total. The first-order valence-corrected chi connectivity index (χ1v) is 5.36. The Morgan fingerprint density at radius 2 is 1.93 bits per heavy atom. The molecule has 0 aliphatic rings. The summed E-state index contributed by atoms with van der Waals surface area (Å²) in [6, 6.07) is 10.1. The predicted molar refractivity (Wildman–Crippen MR) is 60.7 cm³/mol. The quantitative estimate of drug-likeness (QED) is 0.632. The highest BCUT2D eigenvalue weighted by molar-refractivity contribution is 5.13. The van der Waals surface area contributed by atoms with Gasteiger partial charge in [0, 0.05) is 13.2 Å². The van der Waals surface area contributed by atoms with Crippen molar-refractivity contribution < 1.29 is 9.84 Å². The fraction of sp³-hybridized carbons (Fsp3) is 0.500. The maximum Gasteiger partial charge on any atom is 0.0717 e. The molecule has 0 radical (unpaired) electrons. The highest BCUT2D eigenvalue weighted by atomic mass is 16.5. The fourth-order valence-electron chi connectivity index (χ4n) is 1.24. The van der Waals surface area contributed by atoms with E-state index in [4.69, 9.17) is 9.84 Å². The van der Waals surface area contributed by atoms with Gasteiger partial charge in [-0.25, -0.2) is 0 Å². The largest absolute Gasteiger partial charge is 0.396 e. The van der Waals surface area contributed by atoms with Crippen LogP contribution >= 0.6 is 0 Å². The van der Waals surface area contributed by atoms with Crippen LogP contribution in [0.25, 0.3) is 0 Å². The topological polar surface area (TPSA) is 41.5 Å². The van der Waals surface area contributed by atoms with E-state index in [0.717, 1.165) is 19.5 Å². The second-order valence-electron chi connectivity index (χ2n) is 3.37. The van der Waals surface area contributed by atoms with E-state index in [1.165, 1.54) is 5.56 Å². The number of nitrogens with one attached hydrogen (secondary N) is 1. The van der Waals surface area contributed by atoms with Crippen LogP contribution < -0.4 is 5.32 Å². The van der Waals surface area contributed by atoms with Crippen molar-refractivity contribution in [2.45, 2.75) is 13.0 Å². The predicted octanol–water partition coefficient (Wildman–Crippen LogP) is 1.18.